The Morgan fingerprint density at radius 1 is 2.00 bits per heavy atom. The van der Waals surface area contributed by atoms with Gasteiger partial charge in [-0.25, -0.2) is 4.98 Å². The smallest absolute Gasteiger partial charge is 0.286 e. The monoisotopic (exact) mass is 111 g/mol. The fourth-order valence-electron chi connectivity index (χ4n) is 0.301. The molecule has 4 heteroatoms. The summed E-state index contributed by atoms with van der Waals surface area (Å²) in [6, 6.07) is 0. The summed E-state index contributed by atoms with van der Waals surface area (Å²) in [6.45, 7) is 0. The summed E-state index contributed by atoms with van der Waals surface area (Å²) in [5.74, 6) is -0.594. The van der Waals surface area contributed by atoms with Gasteiger partial charge in [0, 0.05) is 0 Å². The first-order valence-corrected chi connectivity index (χ1v) is 1.92. The van der Waals surface area contributed by atoms with Gasteiger partial charge in [-0.1, -0.05) is 0 Å². The second-order valence-electron chi connectivity index (χ2n) is 1.18. The molecule has 0 spiro atoms. The van der Waals surface area contributed by atoms with Crippen LogP contribution in [0.3, 0.4) is 0 Å². The third kappa shape index (κ3) is 0.676. The zero-order valence-corrected chi connectivity index (χ0v) is 3.92. The van der Waals surface area contributed by atoms with Crippen LogP contribution in [-0.2, 0) is 0 Å². The molecule has 0 saturated carbocycles. The molecule has 0 aliphatic carbocycles. The number of nitrogens with two attached hydrogens (primary N) is 1. The summed E-state index contributed by atoms with van der Waals surface area (Å²) in [7, 11) is 0. The molecule has 0 aliphatic heterocycles. The molecule has 0 unspecified atom stereocenters. The minimum atomic E-state index is -0.626. The Morgan fingerprint density at radius 2 is 2.75 bits per heavy atom. The minimum absolute atomic E-state index is 0.0324. The molecule has 1 aromatic rings. The van der Waals surface area contributed by atoms with E-state index < -0.39 is 5.91 Å². The fourth-order valence-corrected chi connectivity index (χ4v) is 0.301. The number of oxazole rings is 1. The van der Waals surface area contributed by atoms with Gasteiger partial charge in [-0.2, -0.15) is 0 Å². The lowest BCUT2D eigenvalue weighted by Gasteiger charge is -1.78. The van der Waals surface area contributed by atoms with Crippen LogP contribution < -0.4 is 5.73 Å². The highest BCUT2D eigenvalue weighted by molar-refractivity contribution is 5.89. The zero-order valence-electron chi connectivity index (χ0n) is 3.92. The lowest BCUT2D eigenvalue weighted by molar-refractivity contribution is 0.0973. The number of amides is 1. The van der Waals surface area contributed by atoms with E-state index in [4.69, 9.17) is 5.73 Å². The molecule has 2 N–H and O–H groups in total. The normalized spacial score (nSPS) is 9.00. The maximum absolute atomic E-state index is 10.1. The van der Waals surface area contributed by atoms with Crippen molar-refractivity contribution in [1.29, 1.82) is 0 Å². The minimum Gasteiger partial charge on any atom is -0.427 e. The Kier molecular flexibility index (Phi) is 0.997. The first-order chi connectivity index (χ1) is 3.80. The molecular formula is C4H3N2O2. The molecule has 1 heterocycles. The third-order valence-corrected chi connectivity index (χ3v) is 0.633. The Balaban J connectivity index is 2.93. The molecule has 1 rings (SSSR count). The van der Waals surface area contributed by atoms with Gasteiger partial charge in [0.1, 0.15) is 0 Å². The van der Waals surface area contributed by atoms with E-state index in [0.29, 0.717) is 0 Å². The maximum atomic E-state index is 10.1. The molecule has 0 bridgehead atoms. The van der Waals surface area contributed by atoms with Gasteiger partial charge < -0.3 is 10.2 Å². The van der Waals surface area contributed by atoms with Crippen molar-refractivity contribution in [3.8, 4) is 0 Å². The highest BCUT2D eigenvalue weighted by Crippen LogP contribution is 1.91. The molecular weight excluding hydrogens is 108 g/mol. The SMILES string of the molecule is NC(=O)c1cn[c]o1. The third-order valence-electron chi connectivity index (χ3n) is 0.633. The van der Waals surface area contributed by atoms with E-state index in [9.17, 15) is 4.79 Å². The molecule has 4 nitrogen and oxygen atoms in total. The molecule has 1 aromatic heterocycles. The number of carbonyl (C=O) groups excluding carboxylic acids is 1. The molecule has 0 aromatic carbocycles. The van der Waals surface area contributed by atoms with E-state index in [0.717, 1.165) is 0 Å². The number of nitrogens with zero attached hydrogens (tertiary/aromatic N) is 1. The summed E-state index contributed by atoms with van der Waals surface area (Å²) in [4.78, 5) is 13.5. The van der Waals surface area contributed by atoms with Gasteiger partial charge in [0.05, 0.1) is 6.20 Å². The number of hydrogen-bond acceptors (Lipinski definition) is 3. The van der Waals surface area contributed by atoms with Crippen LogP contribution in [0, 0.1) is 6.39 Å². The van der Waals surface area contributed by atoms with Gasteiger partial charge in [0.15, 0.2) is 0 Å². The number of carbonyl (C=O) groups is 1. The van der Waals surface area contributed by atoms with Crippen LogP contribution in [0.5, 0.6) is 0 Å². The van der Waals surface area contributed by atoms with Gasteiger partial charge in [-0.05, 0) is 0 Å². The second kappa shape index (κ2) is 1.65. The molecule has 1 radical (unpaired) electrons. The summed E-state index contributed by atoms with van der Waals surface area (Å²) >= 11 is 0. The van der Waals surface area contributed by atoms with Gasteiger partial charge in [-0.3, -0.25) is 4.79 Å². The van der Waals surface area contributed by atoms with Crippen LogP contribution in [0.15, 0.2) is 10.6 Å². The van der Waals surface area contributed by atoms with Crippen molar-refractivity contribution in [2.45, 2.75) is 0 Å². The standard InChI is InChI=1S/C4H3N2O2/c5-4(7)3-1-6-2-8-3/h1H,(H2,5,7). The van der Waals surface area contributed by atoms with Crippen molar-refractivity contribution in [2.75, 3.05) is 0 Å². The van der Waals surface area contributed by atoms with E-state index in [1.807, 2.05) is 0 Å². The number of aromatic nitrogens is 1. The average molecular weight is 111 g/mol. The summed E-state index contributed by atoms with van der Waals surface area (Å²) in [6.07, 6.45) is 3.30. The first-order valence-electron chi connectivity index (χ1n) is 1.92. The fraction of sp³-hybridized carbons (Fsp3) is 0. The number of rotatable bonds is 1. The lowest BCUT2D eigenvalue weighted by Crippen LogP contribution is -2.09. The summed E-state index contributed by atoms with van der Waals surface area (Å²) < 4.78 is 4.38. The van der Waals surface area contributed by atoms with Crippen LogP contribution in [0.25, 0.3) is 0 Å². The highest BCUT2D eigenvalue weighted by atomic mass is 16.3. The lowest BCUT2D eigenvalue weighted by atomic mass is 10.5. The van der Waals surface area contributed by atoms with E-state index in [-0.39, 0.29) is 5.76 Å². The quantitative estimate of drug-likeness (QED) is 0.534. The molecule has 0 fully saturated rings. The van der Waals surface area contributed by atoms with E-state index in [2.05, 4.69) is 15.8 Å². The van der Waals surface area contributed by atoms with Gasteiger partial charge >= 0.3 is 0 Å². The largest absolute Gasteiger partial charge is 0.427 e. The number of primary amides is 1. The van der Waals surface area contributed by atoms with Crippen molar-refractivity contribution in [3.63, 3.8) is 0 Å². The van der Waals surface area contributed by atoms with Crippen molar-refractivity contribution in [1.82, 2.24) is 4.98 Å². The van der Waals surface area contributed by atoms with Gasteiger partial charge in [0.2, 0.25) is 5.76 Å². The molecule has 0 atom stereocenters. The van der Waals surface area contributed by atoms with Crippen molar-refractivity contribution in [2.24, 2.45) is 5.73 Å². The van der Waals surface area contributed by atoms with Crippen molar-refractivity contribution < 1.29 is 9.21 Å². The Hall–Kier alpha value is -1.32. The Labute approximate surface area is 45.3 Å². The van der Waals surface area contributed by atoms with Crippen LogP contribution in [-0.4, -0.2) is 10.9 Å². The zero-order chi connectivity index (χ0) is 5.98. The van der Waals surface area contributed by atoms with Crippen LogP contribution in [0.1, 0.15) is 10.6 Å². The average Bonchev–Trinajstić information content (AvgIpc) is 2.12. The van der Waals surface area contributed by atoms with E-state index in [1.54, 1.807) is 0 Å². The Bertz CT molecular complexity index is 180. The second-order valence-corrected chi connectivity index (χ2v) is 1.18. The molecule has 0 saturated heterocycles. The van der Waals surface area contributed by atoms with E-state index in [1.165, 1.54) is 6.20 Å². The maximum Gasteiger partial charge on any atom is 0.286 e. The van der Waals surface area contributed by atoms with E-state index >= 15 is 0 Å². The summed E-state index contributed by atoms with van der Waals surface area (Å²) in [5, 5.41) is 0. The number of hydrogen-bond donors (Lipinski definition) is 1. The molecule has 41 valence electrons. The van der Waals surface area contributed by atoms with Crippen LogP contribution in [0.4, 0.5) is 0 Å². The Morgan fingerprint density at radius 3 is 3.00 bits per heavy atom. The topological polar surface area (TPSA) is 69.1 Å². The molecule has 0 aliphatic rings. The van der Waals surface area contributed by atoms with Crippen LogP contribution in [0.2, 0.25) is 0 Å². The molecule has 1 amide bonds. The van der Waals surface area contributed by atoms with Gasteiger partial charge in [-0.15, -0.1) is 0 Å². The van der Waals surface area contributed by atoms with Crippen molar-refractivity contribution >= 4 is 5.91 Å². The van der Waals surface area contributed by atoms with Crippen molar-refractivity contribution in [3.05, 3.63) is 18.4 Å². The predicted molar refractivity (Wildman–Crippen MR) is 23.9 cm³/mol. The predicted octanol–water partition coefficient (Wildman–Crippen LogP) is -0.426. The summed E-state index contributed by atoms with van der Waals surface area (Å²) in [5.41, 5.74) is 4.77. The van der Waals surface area contributed by atoms with Gasteiger partial charge in [0.25, 0.3) is 12.3 Å². The van der Waals surface area contributed by atoms with Crippen LogP contribution >= 0.6 is 0 Å². The first kappa shape index (κ1) is 4.83. The molecule has 8 heavy (non-hydrogen) atoms. The highest BCUT2D eigenvalue weighted by Gasteiger charge is 2.00.